The van der Waals surface area contributed by atoms with E-state index in [0.717, 1.165) is 11.3 Å². The first-order valence-electron chi connectivity index (χ1n) is 5.69. The molecule has 1 aromatic heterocycles. The minimum absolute atomic E-state index is 0.0774. The van der Waals surface area contributed by atoms with Crippen molar-refractivity contribution < 1.29 is 9.90 Å². The number of rotatable bonds is 4. The van der Waals surface area contributed by atoms with Gasteiger partial charge in [-0.1, -0.05) is 41.1 Å². The van der Waals surface area contributed by atoms with Crippen LogP contribution < -0.4 is 5.32 Å². The van der Waals surface area contributed by atoms with E-state index < -0.39 is 5.97 Å². The monoisotopic (exact) mass is 309 g/mol. The molecule has 7 heteroatoms. The van der Waals surface area contributed by atoms with Gasteiger partial charge in [-0.25, -0.2) is 14.8 Å². The first-order chi connectivity index (χ1) is 9.51. The van der Waals surface area contributed by atoms with Gasteiger partial charge in [0.15, 0.2) is 11.0 Å². The lowest BCUT2D eigenvalue weighted by molar-refractivity contribution is 0.0697. The van der Waals surface area contributed by atoms with Gasteiger partial charge in [0.1, 0.15) is 10.7 Å². The summed E-state index contributed by atoms with van der Waals surface area (Å²) in [5, 5.41) is 12.5. The Balaban J connectivity index is 2.45. The van der Waals surface area contributed by atoms with Crippen molar-refractivity contribution in [2.75, 3.05) is 11.6 Å². The Bertz CT molecular complexity index is 647. The number of benzene rings is 1. The summed E-state index contributed by atoms with van der Waals surface area (Å²) in [5.41, 5.74) is 1.71. The number of carboxylic acid groups (broad SMARTS) is 1. The molecule has 0 saturated carbocycles. The predicted octanol–water partition coefficient (Wildman–Crippen LogP) is 3.60. The average molecular weight is 310 g/mol. The molecule has 0 aliphatic rings. The number of hydrogen-bond acceptors (Lipinski definition) is 5. The molecule has 0 unspecified atom stereocenters. The highest BCUT2D eigenvalue weighted by Crippen LogP contribution is 2.27. The van der Waals surface area contributed by atoms with Crippen LogP contribution in [-0.2, 0) is 0 Å². The van der Waals surface area contributed by atoms with Gasteiger partial charge in [0, 0.05) is 5.69 Å². The number of halogens is 1. The van der Waals surface area contributed by atoms with E-state index >= 15 is 0 Å². The maximum absolute atomic E-state index is 11.3. The van der Waals surface area contributed by atoms with E-state index in [1.54, 1.807) is 6.26 Å². The molecule has 2 rings (SSSR count). The van der Waals surface area contributed by atoms with Crippen molar-refractivity contribution in [2.24, 2.45) is 0 Å². The second-order valence-corrected chi connectivity index (χ2v) is 5.15. The van der Waals surface area contributed by atoms with Gasteiger partial charge < -0.3 is 10.4 Å². The zero-order chi connectivity index (χ0) is 14.7. The molecule has 0 aliphatic carbocycles. The molecular weight excluding hydrogens is 298 g/mol. The van der Waals surface area contributed by atoms with Crippen LogP contribution in [0, 0.1) is 6.92 Å². The number of nitrogens with zero attached hydrogens (tertiary/aromatic N) is 2. The number of carbonyl (C=O) groups is 1. The average Bonchev–Trinajstić information content (AvgIpc) is 2.40. The van der Waals surface area contributed by atoms with Crippen molar-refractivity contribution in [3.8, 4) is 0 Å². The fraction of sp³-hybridized carbons (Fsp3) is 0.154. The van der Waals surface area contributed by atoms with E-state index in [0.29, 0.717) is 5.16 Å². The number of nitrogens with one attached hydrogen (secondary N) is 1. The summed E-state index contributed by atoms with van der Waals surface area (Å²) in [4.78, 5) is 19.4. The van der Waals surface area contributed by atoms with Gasteiger partial charge >= 0.3 is 5.97 Å². The summed E-state index contributed by atoms with van der Waals surface area (Å²) in [6, 6.07) is 7.52. The van der Waals surface area contributed by atoms with Gasteiger partial charge in [0.25, 0.3) is 0 Å². The summed E-state index contributed by atoms with van der Waals surface area (Å²) in [6.07, 6.45) is 1.79. The SMILES string of the molecule is CSc1nc(Cl)c(C(=O)O)c(Nc2ccc(C)cc2)n1. The van der Waals surface area contributed by atoms with E-state index in [1.165, 1.54) is 11.8 Å². The van der Waals surface area contributed by atoms with Gasteiger partial charge in [0.05, 0.1) is 0 Å². The molecule has 0 saturated heterocycles. The van der Waals surface area contributed by atoms with Crippen LogP contribution in [0.15, 0.2) is 29.4 Å². The second kappa shape index (κ2) is 6.11. The zero-order valence-corrected chi connectivity index (χ0v) is 12.4. The maximum Gasteiger partial charge on any atom is 0.342 e. The standard InChI is InChI=1S/C13H12ClN3O2S/c1-7-3-5-8(6-4-7)15-11-9(12(18)19)10(14)16-13(17-11)20-2/h3-6H,1-2H3,(H,18,19)(H,15,16,17). The van der Waals surface area contributed by atoms with Crippen LogP contribution in [0.4, 0.5) is 11.5 Å². The van der Waals surface area contributed by atoms with Gasteiger partial charge in [-0.2, -0.15) is 0 Å². The van der Waals surface area contributed by atoms with E-state index in [9.17, 15) is 9.90 Å². The summed E-state index contributed by atoms with van der Waals surface area (Å²) in [7, 11) is 0. The van der Waals surface area contributed by atoms with Crippen molar-refractivity contribution in [3.05, 3.63) is 40.5 Å². The Morgan fingerprint density at radius 2 is 1.95 bits per heavy atom. The Morgan fingerprint density at radius 1 is 1.30 bits per heavy atom. The van der Waals surface area contributed by atoms with Crippen LogP contribution >= 0.6 is 23.4 Å². The first kappa shape index (κ1) is 14.6. The largest absolute Gasteiger partial charge is 0.477 e. The number of aromatic carboxylic acids is 1. The van der Waals surface area contributed by atoms with Crippen molar-refractivity contribution in [1.29, 1.82) is 0 Å². The first-order valence-corrected chi connectivity index (χ1v) is 7.30. The van der Waals surface area contributed by atoms with Crippen molar-refractivity contribution in [1.82, 2.24) is 9.97 Å². The fourth-order valence-electron chi connectivity index (χ4n) is 1.56. The Labute approximate surface area is 125 Å². The second-order valence-electron chi connectivity index (χ2n) is 4.02. The minimum atomic E-state index is -1.17. The molecule has 5 nitrogen and oxygen atoms in total. The van der Waals surface area contributed by atoms with E-state index in [1.807, 2.05) is 31.2 Å². The Kier molecular flexibility index (Phi) is 4.46. The number of aryl methyl sites for hydroxylation is 1. The number of anilines is 2. The van der Waals surface area contributed by atoms with Crippen LogP contribution in [0.3, 0.4) is 0 Å². The molecule has 0 bridgehead atoms. The number of aromatic nitrogens is 2. The van der Waals surface area contributed by atoms with Crippen LogP contribution in [0.1, 0.15) is 15.9 Å². The van der Waals surface area contributed by atoms with E-state index in [-0.39, 0.29) is 16.5 Å². The van der Waals surface area contributed by atoms with Crippen molar-refractivity contribution in [2.45, 2.75) is 12.1 Å². The van der Waals surface area contributed by atoms with Crippen LogP contribution in [-0.4, -0.2) is 27.3 Å². The molecule has 0 amide bonds. The molecule has 1 aromatic carbocycles. The Morgan fingerprint density at radius 3 is 2.50 bits per heavy atom. The molecule has 2 N–H and O–H groups in total. The summed E-state index contributed by atoms with van der Waals surface area (Å²) >= 11 is 7.21. The third kappa shape index (κ3) is 3.20. The lowest BCUT2D eigenvalue weighted by Gasteiger charge is -2.11. The third-order valence-corrected chi connectivity index (χ3v) is 3.38. The highest BCUT2D eigenvalue weighted by molar-refractivity contribution is 7.98. The molecule has 20 heavy (non-hydrogen) atoms. The molecule has 0 spiro atoms. The minimum Gasteiger partial charge on any atom is -0.477 e. The molecule has 0 radical (unpaired) electrons. The molecule has 104 valence electrons. The number of hydrogen-bond donors (Lipinski definition) is 2. The maximum atomic E-state index is 11.3. The van der Waals surface area contributed by atoms with Gasteiger partial charge in [-0.05, 0) is 25.3 Å². The van der Waals surface area contributed by atoms with Crippen LogP contribution in [0.25, 0.3) is 0 Å². The van der Waals surface area contributed by atoms with Crippen LogP contribution in [0.2, 0.25) is 5.15 Å². The third-order valence-electron chi connectivity index (χ3n) is 2.56. The number of carboxylic acids is 1. The molecular formula is C13H12ClN3O2S. The normalized spacial score (nSPS) is 10.3. The zero-order valence-electron chi connectivity index (χ0n) is 10.8. The van der Waals surface area contributed by atoms with Crippen molar-refractivity contribution in [3.63, 3.8) is 0 Å². The van der Waals surface area contributed by atoms with E-state index in [2.05, 4.69) is 15.3 Å². The smallest absolute Gasteiger partial charge is 0.342 e. The Hall–Kier alpha value is -1.79. The van der Waals surface area contributed by atoms with E-state index in [4.69, 9.17) is 11.6 Å². The highest BCUT2D eigenvalue weighted by atomic mass is 35.5. The van der Waals surface area contributed by atoms with Crippen LogP contribution in [0.5, 0.6) is 0 Å². The molecule has 0 aliphatic heterocycles. The van der Waals surface area contributed by atoms with Gasteiger partial charge in [0.2, 0.25) is 0 Å². The van der Waals surface area contributed by atoms with Gasteiger partial charge in [-0.15, -0.1) is 0 Å². The molecule has 2 aromatic rings. The summed E-state index contributed by atoms with van der Waals surface area (Å²) in [6.45, 7) is 1.97. The number of thioether (sulfide) groups is 1. The quantitative estimate of drug-likeness (QED) is 0.510. The lowest BCUT2D eigenvalue weighted by Crippen LogP contribution is -2.08. The van der Waals surface area contributed by atoms with Gasteiger partial charge in [-0.3, -0.25) is 0 Å². The topological polar surface area (TPSA) is 75.1 Å². The predicted molar refractivity (Wildman–Crippen MR) is 80.2 cm³/mol. The molecule has 0 atom stereocenters. The fourth-order valence-corrected chi connectivity index (χ4v) is 2.22. The molecule has 0 fully saturated rings. The lowest BCUT2D eigenvalue weighted by atomic mass is 10.2. The summed E-state index contributed by atoms with van der Waals surface area (Å²) in [5.74, 6) is -0.983. The summed E-state index contributed by atoms with van der Waals surface area (Å²) < 4.78 is 0. The molecule has 1 heterocycles. The van der Waals surface area contributed by atoms with Crippen molar-refractivity contribution >= 4 is 40.8 Å². The highest BCUT2D eigenvalue weighted by Gasteiger charge is 2.19.